The standard InChI is InChI=1S/C13H17NO3/c1-2-11(13(15)16)12(14)9-17-8-10-6-4-3-5-7-10/h3-7H,2,8-9,14H2,1H3,(H,15,16). The Balaban J connectivity index is 2.48. The number of carbonyl (C=O) groups is 1. The van der Waals surface area contributed by atoms with Crippen LogP contribution in [-0.2, 0) is 16.1 Å². The molecule has 4 heteroatoms. The normalized spacial score (nSPS) is 12.1. The van der Waals surface area contributed by atoms with Gasteiger partial charge in [-0.1, -0.05) is 37.3 Å². The highest BCUT2D eigenvalue weighted by Gasteiger charge is 2.09. The molecule has 0 spiro atoms. The van der Waals surface area contributed by atoms with E-state index in [2.05, 4.69) is 0 Å². The Morgan fingerprint density at radius 3 is 2.53 bits per heavy atom. The lowest BCUT2D eigenvalue weighted by atomic mass is 10.1. The van der Waals surface area contributed by atoms with E-state index >= 15 is 0 Å². The Morgan fingerprint density at radius 1 is 1.35 bits per heavy atom. The molecule has 1 aromatic rings. The molecule has 0 amide bonds. The van der Waals surface area contributed by atoms with Crippen molar-refractivity contribution in [2.45, 2.75) is 20.0 Å². The van der Waals surface area contributed by atoms with E-state index in [1.54, 1.807) is 6.92 Å². The van der Waals surface area contributed by atoms with Crippen LogP contribution in [0.4, 0.5) is 0 Å². The van der Waals surface area contributed by atoms with Crippen LogP contribution in [0.15, 0.2) is 41.6 Å². The second-order valence-electron chi connectivity index (χ2n) is 3.64. The molecule has 0 saturated carbocycles. The first-order valence-corrected chi connectivity index (χ1v) is 5.47. The van der Waals surface area contributed by atoms with Gasteiger partial charge < -0.3 is 15.6 Å². The summed E-state index contributed by atoms with van der Waals surface area (Å²) in [5.41, 5.74) is 7.21. The van der Waals surface area contributed by atoms with Crippen LogP contribution in [0.25, 0.3) is 0 Å². The van der Waals surface area contributed by atoms with E-state index in [4.69, 9.17) is 15.6 Å². The van der Waals surface area contributed by atoms with Crippen molar-refractivity contribution in [1.29, 1.82) is 0 Å². The van der Waals surface area contributed by atoms with Crippen molar-refractivity contribution in [3.05, 3.63) is 47.2 Å². The van der Waals surface area contributed by atoms with Crippen molar-refractivity contribution < 1.29 is 14.6 Å². The summed E-state index contributed by atoms with van der Waals surface area (Å²) in [6, 6.07) is 9.66. The fourth-order valence-corrected chi connectivity index (χ4v) is 1.46. The van der Waals surface area contributed by atoms with Gasteiger partial charge in [-0.15, -0.1) is 0 Å². The first kappa shape index (κ1) is 13.3. The van der Waals surface area contributed by atoms with Gasteiger partial charge in [0.05, 0.1) is 18.8 Å². The third-order valence-electron chi connectivity index (χ3n) is 2.37. The van der Waals surface area contributed by atoms with Crippen LogP contribution >= 0.6 is 0 Å². The third kappa shape index (κ3) is 4.28. The molecule has 1 rings (SSSR count). The van der Waals surface area contributed by atoms with Crippen LogP contribution in [0.5, 0.6) is 0 Å². The number of aliphatic carboxylic acids is 1. The number of nitrogens with two attached hydrogens (primary N) is 1. The fraction of sp³-hybridized carbons (Fsp3) is 0.308. The predicted molar refractivity (Wildman–Crippen MR) is 65.2 cm³/mol. The van der Waals surface area contributed by atoms with Gasteiger partial charge in [-0.3, -0.25) is 0 Å². The number of carboxylic acids is 1. The molecule has 4 nitrogen and oxygen atoms in total. The van der Waals surface area contributed by atoms with Gasteiger partial charge in [-0.2, -0.15) is 0 Å². The zero-order chi connectivity index (χ0) is 12.7. The van der Waals surface area contributed by atoms with E-state index in [0.717, 1.165) is 5.56 Å². The fourth-order valence-electron chi connectivity index (χ4n) is 1.46. The van der Waals surface area contributed by atoms with Crippen molar-refractivity contribution >= 4 is 5.97 Å². The second kappa shape index (κ2) is 6.70. The molecule has 0 saturated heterocycles. The monoisotopic (exact) mass is 235 g/mol. The maximum atomic E-state index is 10.8. The predicted octanol–water partition coefficient (Wildman–Crippen LogP) is 1.91. The minimum Gasteiger partial charge on any atom is -0.478 e. The van der Waals surface area contributed by atoms with Crippen LogP contribution in [-0.4, -0.2) is 17.7 Å². The molecule has 1 aromatic carbocycles. The molecule has 0 bridgehead atoms. The maximum Gasteiger partial charge on any atom is 0.333 e. The highest BCUT2D eigenvalue weighted by atomic mass is 16.5. The first-order chi connectivity index (χ1) is 8.15. The Hall–Kier alpha value is -1.81. The van der Waals surface area contributed by atoms with E-state index in [-0.39, 0.29) is 17.9 Å². The number of hydrogen-bond acceptors (Lipinski definition) is 3. The lowest BCUT2D eigenvalue weighted by Gasteiger charge is -2.07. The molecule has 17 heavy (non-hydrogen) atoms. The molecule has 3 N–H and O–H groups in total. The zero-order valence-electron chi connectivity index (χ0n) is 9.85. The van der Waals surface area contributed by atoms with Crippen molar-refractivity contribution in [3.8, 4) is 0 Å². The summed E-state index contributed by atoms with van der Waals surface area (Å²) in [7, 11) is 0. The maximum absolute atomic E-state index is 10.8. The van der Waals surface area contributed by atoms with E-state index in [1.165, 1.54) is 0 Å². The Bertz CT molecular complexity index is 398. The van der Waals surface area contributed by atoms with E-state index in [1.807, 2.05) is 30.3 Å². The Kier molecular flexibility index (Phi) is 5.23. The van der Waals surface area contributed by atoms with Gasteiger partial charge in [0, 0.05) is 5.70 Å². The highest BCUT2D eigenvalue weighted by molar-refractivity contribution is 5.87. The molecule has 0 fully saturated rings. The van der Waals surface area contributed by atoms with Gasteiger partial charge in [0.25, 0.3) is 0 Å². The van der Waals surface area contributed by atoms with Crippen LogP contribution in [0.2, 0.25) is 0 Å². The van der Waals surface area contributed by atoms with Crippen LogP contribution in [0.1, 0.15) is 18.9 Å². The molecule has 0 aliphatic rings. The number of ether oxygens (including phenoxy) is 1. The molecule has 0 unspecified atom stereocenters. The van der Waals surface area contributed by atoms with Crippen LogP contribution < -0.4 is 5.73 Å². The van der Waals surface area contributed by atoms with E-state index < -0.39 is 5.97 Å². The van der Waals surface area contributed by atoms with Gasteiger partial charge in [-0.25, -0.2) is 4.79 Å². The van der Waals surface area contributed by atoms with Crippen molar-refractivity contribution in [2.75, 3.05) is 6.61 Å². The van der Waals surface area contributed by atoms with Gasteiger partial charge in [0.2, 0.25) is 0 Å². The number of hydrogen-bond donors (Lipinski definition) is 2. The van der Waals surface area contributed by atoms with Gasteiger partial charge in [0.15, 0.2) is 0 Å². The first-order valence-electron chi connectivity index (χ1n) is 5.47. The third-order valence-corrected chi connectivity index (χ3v) is 2.37. The molecular formula is C13H17NO3. The quantitative estimate of drug-likeness (QED) is 0.739. The van der Waals surface area contributed by atoms with Gasteiger partial charge in [-0.05, 0) is 12.0 Å². The number of carboxylic acid groups (broad SMARTS) is 1. The lowest BCUT2D eigenvalue weighted by Crippen LogP contribution is -2.15. The summed E-state index contributed by atoms with van der Waals surface area (Å²) in [6.07, 6.45) is 0.399. The zero-order valence-corrected chi connectivity index (χ0v) is 9.85. The van der Waals surface area contributed by atoms with Crippen LogP contribution in [0, 0.1) is 0 Å². The average Bonchev–Trinajstić information content (AvgIpc) is 2.30. The van der Waals surface area contributed by atoms with Crippen molar-refractivity contribution in [1.82, 2.24) is 0 Å². The summed E-state index contributed by atoms with van der Waals surface area (Å²) in [4.78, 5) is 10.8. The van der Waals surface area contributed by atoms with Crippen molar-refractivity contribution in [3.63, 3.8) is 0 Å². The van der Waals surface area contributed by atoms with E-state index in [0.29, 0.717) is 13.0 Å². The average molecular weight is 235 g/mol. The minimum atomic E-state index is -0.978. The second-order valence-corrected chi connectivity index (χ2v) is 3.64. The molecule has 0 aliphatic heterocycles. The number of rotatable bonds is 6. The summed E-state index contributed by atoms with van der Waals surface area (Å²) in [5, 5.41) is 8.87. The Labute approximate surface area is 101 Å². The molecule has 0 aliphatic carbocycles. The van der Waals surface area contributed by atoms with Gasteiger partial charge >= 0.3 is 5.97 Å². The lowest BCUT2D eigenvalue weighted by molar-refractivity contribution is -0.132. The highest BCUT2D eigenvalue weighted by Crippen LogP contribution is 2.07. The SMILES string of the molecule is CCC(C(=O)O)=C(N)COCc1ccccc1. The molecular weight excluding hydrogens is 218 g/mol. The summed E-state index contributed by atoms with van der Waals surface area (Å²) in [5.74, 6) is -0.978. The summed E-state index contributed by atoms with van der Waals surface area (Å²) in [6.45, 7) is 2.33. The summed E-state index contributed by atoms with van der Waals surface area (Å²) < 4.78 is 5.37. The van der Waals surface area contributed by atoms with Gasteiger partial charge in [0.1, 0.15) is 0 Å². The van der Waals surface area contributed by atoms with Crippen LogP contribution in [0.3, 0.4) is 0 Å². The number of benzene rings is 1. The van der Waals surface area contributed by atoms with E-state index in [9.17, 15) is 4.79 Å². The molecule has 92 valence electrons. The Morgan fingerprint density at radius 2 is 2.00 bits per heavy atom. The molecule has 0 aromatic heterocycles. The smallest absolute Gasteiger partial charge is 0.333 e. The summed E-state index contributed by atoms with van der Waals surface area (Å²) >= 11 is 0. The molecule has 0 radical (unpaired) electrons. The van der Waals surface area contributed by atoms with Crippen molar-refractivity contribution in [2.24, 2.45) is 5.73 Å². The molecule has 0 atom stereocenters. The molecule has 0 heterocycles. The minimum absolute atomic E-state index is 0.143. The largest absolute Gasteiger partial charge is 0.478 e. The topological polar surface area (TPSA) is 72.5 Å².